The Bertz CT molecular complexity index is 549. The van der Waals surface area contributed by atoms with E-state index in [1.54, 1.807) is 36.2 Å². The fraction of sp³-hybridized carbons (Fsp3) is 0.188. The third-order valence-corrected chi connectivity index (χ3v) is 3.24. The maximum absolute atomic E-state index is 12.4. The highest BCUT2D eigenvalue weighted by Crippen LogP contribution is 2.22. The Balaban J connectivity index is 2.17. The summed E-state index contributed by atoms with van der Waals surface area (Å²) in [7, 11) is 1.74. The number of phenolic OH excluding ortho intramolecular Hbond substituents is 1. The molecule has 2 aromatic rings. The molecule has 2 rings (SSSR count). The molecule has 0 aliphatic carbocycles. The number of hydrogen-bond acceptors (Lipinski definition) is 2. The number of carbonyl (C=O) groups excluding carboxylic acids is 1. The van der Waals surface area contributed by atoms with Gasteiger partial charge in [0.1, 0.15) is 5.75 Å². The van der Waals surface area contributed by atoms with Crippen LogP contribution in [0, 0.1) is 0 Å². The standard InChI is InChI=1S/C16H17NO2/c1-12(13-6-4-3-5-7-13)16(19)17(2)14-8-10-15(18)11-9-14/h3-12,18H,1-2H3. The smallest absolute Gasteiger partial charge is 0.233 e. The number of hydrogen-bond donors (Lipinski definition) is 1. The predicted octanol–water partition coefficient (Wildman–Crippen LogP) is 3.16. The second-order valence-corrected chi connectivity index (χ2v) is 4.55. The molecule has 0 radical (unpaired) electrons. The van der Waals surface area contributed by atoms with E-state index in [4.69, 9.17) is 0 Å². The number of benzene rings is 2. The summed E-state index contributed by atoms with van der Waals surface area (Å²) in [6.45, 7) is 1.90. The summed E-state index contributed by atoms with van der Waals surface area (Å²) in [4.78, 5) is 14.0. The van der Waals surface area contributed by atoms with Crippen molar-refractivity contribution in [3.05, 3.63) is 60.2 Å². The Morgan fingerprint density at radius 3 is 2.21 bits per heavy atom. The van der Waals surface area contributed by atoms with Gasteiger partial charge in [-0.15, -0.1) is 0 Å². The Hall–Kier alpha value is -2.29. The second kappa shape index (κ2) is 5.57. The van der Waals surface area contributed by atoms with Crippen molar-refractivity contribution in [2.24, 2.45) is 0 Å². The van der Waals surface area contributed by atoms with Gasteiger partial charge in [0.2, 0.25) is 5.91 Å². The maximum Gasteiger partial charge on any atom is 0.233 e. The molecular weight excluding hydrogens is 238 g/mol. The van der Waals surface area contributed by atoms with E-state index in [1.807, 2.05) is 37.3 Å². The van der Waals surface area contributed by atoms with E-state index in [0.29, 0.717) is 0 Å². The van der Waals surface area contributed by atoms with Gasteiger partial charge in [-0.25, -0.2) is 0 Å². The van der Waals surface area contributed by atoms with Gasteiger partial charge in [0.15, 0.2) is 0 Å². The first kappa shape index (κ1) is 13.1. The molecule has 19 heavy (non-hydrogen) atoms. The highest BCUT2D eigenvalue weighted by molar-refractivity contribution is 5.97. The van der Waals surface area contributed by atoms with Crippen molar-refractivity contribution in [3.8, 4) is 5.75 Å². The lowest BCUT2D eigenvalue weighted by Crippen LogP contribution is -2.30. The van der Waals surface area contributed by atoms with Gasteiger partial charge < -0.3 is 10.0 Å². The lowest BCUT2D eigenvalue weighted by atomic mass is 10.00. The number of nitrogens with zero attached hydrogens (tertiary/aromatic N) is 1. The molecule has 2 aromatic carbocycles. The van der Waals surface area contributed by atoms with Gasteiger partial charge in [-0.1, -0.05) is 30.3 Å². The third-order valence-electron chi connectivity index (χ3n) is 3.24. The van der Waals surface area contributed by atoms with Crippen molar-refractivity contribution < 1.29 is 9.90 Å². The Morgan fingerprint density at radius 1 is 1.05 bits per heavy atom. The van der Waals surface area contributed by atoms with E-state index in [1.165, 1.54) is 0 Å². The minimum atomic E-state index is -0.194. The molecule has 98 valence electrons. The lowest BCUT2D eigenvalue weighted by molar-refractivity contribution is -0.119. The molecule has 1 atom stereocenters. The van der Waals surface area contributed by atoms with Crippen molar-refractivity contribution >= 4 is 11.6 Å². The van der Waals surface area contributed by atoms with Crippen LogP contribution in [0.1, 0.15) is 18.4 Å². The molecule has 0 saturated carbocycles. The predicted molar refractivity (Wildman–Crippen MR) is 76.4 cm³/mol. The quantitative estimate of drug-likeness (QED) is 0.915. The molecule has 0 fully saturated rings. The SMILES string of the molecule is CC(C(=O)N(C)c1ccc(O)cc1)c1ccccc1. The number of anilines is 1. The van der Waals surface area contributed by atoms with Crippen LogP contribution in [-0.2, 0) is 4.79 Å². The van der Waals surface area contributed by atoms with Gasteiger partial charge >= 0.3 is 0 Å². The average molecular weight is 255 g/mol. The van der Waals surface area contributed by atoms with E-state index in [9.17, 15) is 9.90 Å². The van der Waals surface area contributed by atoms with Crippen LogP contribution < -0.4 is 4.90 Å². The van der Waals surface area contributed by atoms with Gasteiger partial charge in [-0.05, 0) is 36.8 Å². The van der Waals surface area contributed by atoms with Crippen molar-refractivity contribution in [1.29, 1.82) is 0 Å². The monoisotopic (exact) mass is 255 g/mol. The molecule has 1 amide bonds. The summed E-state index contributed by atoms with van der Waals surface area (Å²) in [6, 6.07) is 16.3. The lowest BCUT2D eigenvalue weighted by Gasteiger charge is -2.21. The summed E-state index contributed by atoms with van der Waals surface area (Å²) in [6.07, 6.45) is 0. The van der Waals surface area contributed by atoms with Gasteiger partial charge in [0.05, 0.1) is 5.92 Å². The Labute approximate surface area is 113 Å². The fourth-order valence-corrected chi connectivity index (χ4v) is 1.98. The molecule has 3 heteroatoms. The summed E-state index contributed by atoms with van der Waals surface area (Å²) in [5, 5.41) is 9.26. The van der Waals surface area contributed by atoms with E-state index in [0.717, 1.165) is 11.3 Å². The number of likely N-dealkylation sites (N-methyl/N-ethyl adjacent to an activating group) is 1. The van der Waals surface area contributed by atoms with Crippen LogP contribution >= 0.6 is 0 Å². The highest BCUT2D eigenvalue weighted by Gasteiger charge is 2.19. The van der Waals surface area contributed by atoms with Gasteiger partial charge in [0.25, 0.3) is 0 Å². The van der Waals surface area contributed by atoms with Crippen molar-refractivity contribution in [2.45, 2.75) is 12.8 Å². The van der Waals surface area contributed by atoms with E-state index in [2.05, 4.69) is 0 Å². The normalized spacial score (nSPS) is 11.9. The minimum absolute atomic E-state index is 0.0249. The largest absolute Gasteiger partial charge is 0.508 e. The van der Waals surface area contributed by atoms with E-state index >= 15 is 0 Å². The molecule has 0 bridgehead atoms. The minimum Gasteiger partial charge on any atom is -0.508 e. The van der Waals surface area contributed by atoms with E-state index < -0.39 is 0 Å². The number of amides is 1. The zero-order valence-corrected chi connectivity index (χ0v) is 11.1. The van der Waals surface area contributed by atoms with Gasteiger partial charge in [-0.3, -0.25) is 4.79 Å². The molecular formula is C16H17NO2. The van der Waals surface area contributed by atoms with Crippen LogP contribution in [0.4, 0.5) is 5.69 Å². The Morgan fingerprint density at radius 2 is 1.63 bits per heavy atom. The molecule has 0 aromatic heterocycles. The van der Waals surface area contributed by atoms with Crippen LogP contribution in [0.2, 0.25) is 0 Å². The first-order chi connectivity index (χ1) is 9.09. The number of phenols is 1. The maximum atomic E-state index is 12.4. The van der Waals surface area contributed by atoms with Crippen LogP contribution in [0.3, 0.4) is 0 Å². The summed E-state index contributed by atoms with van der Waals surface area (Å²) in [5.41, 5.74) is 1.77. The van der Waals surface area contributed by atoms with Crippen molar-refractivity contribution in [3.63, 3.8) is 0 Å². The van der Waals surface area contributed by atoms with E-state index in [-0.39, 0.29) is 17.6 Å². The first-order valence-electron chi connectivity index (χ1n) is 6.21. The summed E-state index contributed by atoms with van der Waals surface area (Å²) >= 11 is 0. The van der Waals surface area contributed by atoms with Crippen LogP contribution in [0.25, 0.3) is 0 Å². The number of rotatable bonds is 3. The molecule has 1 N–H and O–H groups in total. The van der Waals surface area contributed by atoms with Crippen LogP contribution in [-0.4, -0.2) is 18.1 Å². The molecule has 1 unspecified atom stereocenters. The average Bonchev–Trinajstić information content (AvgIpc) is 2.46. The molecule has 0 aliphatic rings. The zero-order chi connectivity index (χ0) is 13.8. The molecule has 0 heterocycles. The van der Waals surface area contributed by atoms with Crippen molar-refractivity contribution in [1.82, 2.24) is 0 Å². The summed E-state index contributed by atoms with van der Waals surface area (Å²) in [5.74, 6) is 0.0256. The molecule has 0 saturated heterocycles. The fourth-order valence-electron chi connectivity index (χ4n) is 1.98. The first-order valence-corrected chi connectivity index (χ1v) is 6.21. The highest BCUT2D eigenvalue weighted by atomic mass is 16.3. The second-order valence-electron chi connectivity index (χ2n) is 4.55. The zero-order valence-electron chi connectivity index (χ0n) is 11.1. The Kier molecular flexibility index (Phi) is 3.85. The van der Waals surface area contributed by atoms with Gasteiger partial charge in [-0.2, -0.15) is 0 Å². The molecule has 0 aliphatic heterocycles. The molecule has 3 nitrogen and oxygen atoms in total. The van der Waals surface area contributed by atoms with Gasteiger partial charge in [0, 0.05) is 12.7 Å². The third kappa shape index (κ3) is 2.94. The topological polar surface area (TPSA) is 40.5 Å². The summed E-state index contributed by atoms with van der Waals surface area (Å²) < 4.78 is 0. The van der Waals surface area contributed by atoms with Crippen LogP contribution in [0.5, 0.6) is 5.75 Å². The number of carbonyl (C=O) groups is 1. The number of aromatic hydroxyl groups is 1. The molecule has 0 spiro atoms. The van der Waals surface area contributed by atoms with Crippen LogP contribution in [0.15, 0.2) is 54.6 Å². The van der Waals surface area contributed by atoms with Crippen molar-refractivity contribution in [2.75, 3.05) is 11.9 Å².